The largest absolute Gasteiger partial charge is 0.487 e. The Balaban J connectivity index is 0.000000409. The summed E-state index contributed by atoms with van der Waals surface area (Å²) in [6.45, 7) is 4.15. The van der Waals surface area contributed by atoms with Gasteiger partial charge in [-0.2, -0.15) is 0 Å². The van der Waals surface area contributed by atoms with Crippen LogP contribution in [0.2, 0.25) is 0 Å². The number of hydrogen-bond acceptors (Lipinski definition) is 6. The maximum Gasteiger partial charge on any atom is 0.163 e. The molecule has 0 saturated carbocycles. The van der Waals surface area contributed by atoms with E-state index in [-0.39, 0.29) is 24.6 Å². The van der Waals surface area contributed by atoms with Crippen molar-refractivity contribution in [1.29, 1.82) is 0 Å². The topological polar surface area (TPSA) is 107 Å². The third-order valence-electron chi connectivity index (χ3n) is 3.87. The van der Waals surface area contributed by atoms with Gasteiger partial charge in [0.15, 0.2) is 5.11 Å². The maximum atomic E-state index is 12.8. The van der Waals surface area contributed by atoms with Crippen LogP contribution in [-0.4, -0.2) is 50.6 Å². The number of nitrogens with two attached hydrogens (primary N) is 1. The molecule has 2 unspecified atom stereocenters. The predicted molar refractivity (Wildman–Crippen MR) is 106 cm³/mol. The minimum Gasteiger partial charge on any atom is -0.487 e. The van der Waals surface area contributed by atoms with Crippen molar-refractivity contribution in [1.82, 2.24) is 20.3 Å². The molecule has 10 heteroatoms. The molecule has 1 aliphatic rings. The number of rotatable bonds is 6. The molecule has 0 amide bonds. The molecule has 0 aliphatic carbocycles. The van der Waals surface area contributed by atoms with E-state index in [1.165, 1.54) is 12.1 Å². The fourth-order valence-corrected chi connectivity index (χ4v) is 2.70. The van der Waals surface area contributed by atoms with Crippen LogP contribution in [0.4, 0.5) is 4.39 Å². The van der Waals surface area contributed by atoms with E-state index in [0.717, 1.165) is 6.54 Å². The third-order valence-corrected chi connectivity index (χ3v) is 4.01. The molecule has 0 radical (unpaired) electrons. The van der Waals surface area contributed by atoms with E-state index >= 15 is 0 Å². The summed E-state index contributed by atoms with van der Waals surface area (Å²) in [5.41, 5.74) is 5.70. The van der Waals surface area contributed by atoms with Gasteiger partial charge in [-0.05, 0) is 49.8 Å². The molecule has 2 aromatic rings. The Morgan fingerprint density at radius 1 is 1.46 bits per heavy atom. The molecule has 3 rings (SSSR count). The van der Waals surface area contributed by atoms with Gasteiger partial charge < -0.3 is 25.6 Å². The molecule has 0 bridgehead atoms. The Labute approximate surface area is 168 Å². The van der Waals surface area contributed by atoms with Gasteiger partial charge in [-0.1, -0.05) is 5.21 Å². The lowest BCUT2D eigenvalue weighted by Gasteiger charge is -2.26. The number of nitrogens with one attached hydrogen (secondary N) is 1. The van der Waals surface area contributed by atoms with Crippen LogP contribution in [0.25, 0.3) is 0 Å². The van der Waals surface area contributed by atoms with Gasteiger partial charge in [0.1, 0.15) is 23.9 Å². The van der Waals surface area contributed by atoms with Crippen molar-refractivity contribution in [2.24, 2.45) is 5.73 Å². The minimum absolute atomic E-state index is 0.0451. The van der Waals surface area contributed by atoms with Gasteiger partial charge in [0, 0.05) is 19.6 Å². The van der Waals surface area contributed by atoms with E-state index in [1.54, 1.807) is 23.0 Å². The van der Waals surface area contributed by atoms with E-state index in [0.29, 0.717) is 42.5 Å². The van der Waals surface area contributed by atoms with Gasteiger partial charge in [-0.25, -0.2) is 9.07 Å². The van der Waals surface area contributed by atoms with Crippen LogP contribution in [0.1, 0.15) is 25.5 Å². The molecule has 28 heavy (non-hydrogen) atoms. The lowest BCUT2D eigenvalue weighted by Crippen LogP contribution is -2.32. The molecule has 1 aliphatic heterocycles. The zero-order valence-electron chi connectivity index (χ0n) is 15.8. The Morgan fingerprint density at radius 3 is 2.82 bits per heavy atom. The zero-order chi connectivity index (χ0) is 20.4. The molecular formula is C18H26FN5O3S. The standard InChI is InChI=1S/C15H18FN3O3.C3H8N2S/c16-11-1-3-14(4-2-11)22-10-12-8-19(18-17-12)9-15-7-13(20)5-6-21-15;1-2-5-3(4)6/h1-4,8,13,15,20H,5-7,9-10H2;2H2,1H3,(H3,4,5,6). The summed E-state index contributed by atoms with van der Waals surface area (Å²) < 4.78 is 25.6. The average molecular weight is 412 g/mol. The lowest BCUT2D eigenvalue weighted by atomic mass is 10.1. The first kappa shape index (κ1) is 22.0. The van der Waals surface area contributed by atoms with Gasteiger partial charge in [0.05, 0.1) is 24.9 Å². The number of aliphatic hydroxyl groups excluding tert-OH is 1. The number of ether oxygens (including phenoxy) is 2. The van der Waals surface area contributed by atoms with Gasteiger partial charge in [-0.15, -0.1) is 5.10 Å². The minimum atomic E-state index is -0.302. The van der Waals surface area contributed by atoms with Gasteiger partial charge in [0.2, 0.25) is 0 Å². The van der Waals surface area contributed by atoms with Crippen molar-refractivity contribution < 1.29 is 19.0 Å². The van der Waals surface area contributed by atoms with Crippen molar-refractivity contribution in [3.63, 3.8) is 0 Å². The molecule has 1 aromatic heterocycles. The van der Waals surface area contributed by atoms with E-state index in [9.17, 15) is 9.50 Å². The molecule has 1 aromatic carbocycles. The monoisotopic (exact) mass is 411 g/mol. The van der Waals surface area contributed by atoms with Crippen molar-refractivity contribution in [3.05, 3.63) is 42.0 Å². The molecule has 0 spiro atoms. The molecule has 1 saturated heterocycles. The predicted octanol–water partition coefficient (Wildman–Crippen LogP) is 1.38. The average Bonchev–Trinajstić information content (AvgIpc) is 3.09. The first-order chi connectivity index (χ1) is 13.5. The third kappa shape index (κ3) is 8.15. The summed E-state index contributed by atoms with van der Waals surface area (Å²) in [6.07, 6.45) is 2.74. The number of nitrogens with zero attached hydrogens (tertiary/aromatic N) is 3. The van der Waals surface area contributed by atoms with E-state index in [4.69, 9.17) is 15.2 Å². The van der Waals surface area contributed by atoms with E-state index in [2.05, 4.69) is 27.8 Å². The zero-order valence-corrected chi connectivity index (χ0v) is 16.6. The molecule has 4 N–H and O–H groups in total. The Hall–Kier alpha value is -2.30. The first-order valence-electron chi connectivity index (χ1n) is 9.06. The molecule has 2 heterocycles. The number of benzene rings is 1. The molecular weight excluding hydrogens is 385 g/mol. The summed E-state index contributed by atoms with van der Waals surface area (Å²) in [6, 6.07) is 5.82. The molecule has 1 fully saturated rings. The fourth-order valence-electron chi connectivity index (χ4n) is 2.55. The van der Waals surface area contributed by atoms with Gasteiger partial charge in [-0.3, -0.25) is 0 Å². The van der Waals surface area contributed by atoms with Gasteiger partial charge in [0.25, 0.3) is 0 Å². The summed E-state index contributed by atoms with van der Waals surface area (Å²) in [5.74, 6) is 0.280. The van der Waals surface area contributed by atoms with Crippen LogP contribution < -0.4 is 15.8 Å². The highest BCUT2D eigenvalue weighted by atomic mass is 32.1. The van der Waals surface area contributed by atoms with E-state index in [1.807, 2.05) is 6.92 Å². The number of halogens is 1. The first-order valence-corrected chi connectivity index (χ1v) is 9.47. The number of thiocarbonyl (C=S) groups is 1. The van der Waals surface area contributed by atoms with Gasteiger partial charge >= 0.3 is 0 Å². The second-order valence-electron chi connectivity index (χ2n) is 6.24. The maximum absolute atomic E-state index is 12.8. The summed E-state index contributed by atoms with van der Waals surface area (Å²) >= 11 is 4.46. The van der Waals surface area contributed by atoms with Crippen molar-refractivity contribution in [3.8, 4) is 5.75 Å². The normalized spacial score (nSPS) is 18.7. The van der Waals surface area contributed by atoms with Crippen LogP contribution in [0.5, 0.6) is 5.75 Å². The van der Waals surface area contributed by atoms with Crippen LogP contribution in [0.3, 0.4) is 0 Å². The van der Waals surface area contributed by atoms with Crippen LogP contribution in [0.15, 0.2) is 30.5 Å². The highest BCUT2D eigenvalue weighted by molar-refractivity contribution is 7.80. The Kier molecular flexibility index (Phi) is 9.05. The van der Waals surface area contributed by atoms with Crippen molar-refractivity contribution >= 4 is 17.3 Å². The number of aliphatic hydroxyl groups is 1. The highest BCUT2D eigenvalue weighted by Crippen LogP contribution is 2.16. The molecule has 154 valence electrons. The SMILES string of the molecule is CCNC(N)=S.OC1CCOC(Cn2cc(COc3ccc(F)cc3)nn2)C1. The molecule has 8 nitrogen and oxygen atoms in total. The Bertz CT molecular complexity index is 728. The highest BCUT2D eigenvalue weighted by Gasteiger charge is 2.21. The van der Waals surface area contributed by atoms with Crippen LogP contribution in [0, 0.1) is 5.82 Å². The number of hydrogen-bond donors (Lipinski definition) is 3. The summed E-state index contributed by atoms with van der Waals surface area (Å²) in [5, 5.41) is 20.8. The van der Waals surface area contributed by atoms with Crippen molar-refractivity contribution in [2.75, 3.05) is 13.2 Å². The van der Waals surface area contributed by atoms with Crippen molar-refractivity contribution in [2.45, 2.75) is 45.1 Å². The quantitative estimate of drug-likeness (QED) is 0.612. The smallest absolute Gasteiger partial charge is 0.163 e. The Morgan fingerprint density at radius 2 is 2.21 bits per heavy atom. The second kappa shape index (κ2) is 11.5. The second-order valence-corrected chi connectivity index (χ2v) is 6.68. The van der Waals surface area contributed by atoms with Crippen LogP contribution >= 0.6 is 12.2 Å². The van der Waals surface area contributed by atoms with Crippen LogP contribution in [-0.2, 0) is 17.9 Å². The molecule has 2 atom stereocenters. The summed E-state index contributed by atoms with van der Waals surface area (Å²) in [4.78, 5) is 0. The number of aromatic nitrogens is 3. The summed E-state index contributed by atoms with van der Waals surface area (Å²) in [7, 11) is 0. The lowest BCUT2D eigenvalue weighted by molar-refractivity contribution is -0.0512. The van der Waals surface area contributed by atoms with E-state index < -0.39 is 0 Å². The fraction of sp³-hybridized carbons (Fsp3) is 0.500.